The first-order valence-corrected chi connectivity index (χ1v) is 14.9. The molecule has 9 nitrogen and oxygen atoms in total. The van der Waals surface area contributed by atoms with Gasteiger partial charge in [0.1, 0.15) is 16.6 Å². The quantitative estimate of drug-likeness (QED) is 0.286. The summed E-state index contributed by atoms with van der Waals surface area (Å²) in [7, 11) is -1.97. The molecule has 0 saturated carbocycles. The van der Waals surface area contributed by atoms with Gasteiger partial charge in [0.05, 0.1) is 11.4 Å². The van der Waals surface area contributed by atoms with E-state index in [0.29, 0.717) is 28.7 Å². The molecular formula is C27H30FN7O2S2. The predicted octanol–water partition coefficient (Wildman–Crippen LogP) is 5.15. The molecule has 4 aromatic rings. The highest BCUT2D eigenvalue weighted by Crippen LogP contribution is 2.26. The topological polar surface area (TPSA) is 103 Å². The smallest absolute Gasteiger partial charge is 0.243 e. The van der Waals surface area contributed by atoms with Crippen molar-refractivity contribution in [3.63, 3.8) is 0 Å². The van der Waals surface area contributed by atoms with Gasteiger partial charge in [-0.15, -0.1) is 11.3 Å². The minimum absolute atomic E-state index is 0.0473. The largest absolute Gasteiger partial charge is 0.340 e. The third-order valence-corrected chi connectivity index (χ3v) is 9.48. The molecule has 0 radical (unpaired) electrons. The first kappa shape index (κ1) is 27.1. The maximum Gasteiger partial charge on any atom is 0.243 e. The molecule has 0 amide bonds. The van der Waals surface area contributed by atoms with Crippen molar-refractivity contribution in [3.8, 4) is 0 Å². The van der Waals surface area contributed by atoms with Crippen molar-refractivity contribution in [1.82, 2.24) is 24.2 Å². The molecule has 5 rings (SSSR count). The average molecular weight is 568 g/mol. The van der Waals surface area contributed by atoms with Crippen LogP contribution in [-0.4, -0.2) is 58.8 Å². The Morgan fingerprint density at radius 1 is 1.03 bits per heavy atom. The molecule has 1 fully saturated rings. The maximum absolute atomic E-state index is 13.5. The fourth-order valence-corrected chi connectivity index (χ4v) is 6.60. The van der Waals surface area contributed by atoms with E-state index in [1.165, 1.54) is 10.4 Å². The molecule has 2 aromatic carbocycles. The Morgan fingerprint density at radius 2 is 1.77 bits per heavy atom. The summed E-state index contributed by atoms with van der Waals surface area (Å²) in [6, 6.07) is 13.0. The molecule has 39 heavy (non-hydrogen) atoms. The zero-order valence-corrected chi connectivity index (χ0v) is 23.3. The summed E-state index contributed by atoms with van der Waals surface area (Å²) in [6.45, 7) is 4.18. The molecular weight excluding hydrogens is 537 g/mol. The van der Waals surface area contributed by atoms with Gasteiger partial charge < -0.3 is 10.6 Å². The molecule has 1 saturated heterocycles. The fraction of sp³-hybridized carbons (Fsp3) is 0.296. The number of piperidine rings is 1. The molecule has 0 aliphatic carbocycles. The number of sulfonamides is 1. The Kier molecular flexibility index (Phi) is 8.17. The van der Waals surface area contributed by atoms with Crippen LogP contribution in [0.25, 0.3) is 0 Å². The number of likely N-dealkylation sites (tertiary alicyclic amines) is 1. The molecule has 3 heterocycles. The van der Waals surface area contributed by atoms with Crippen molar-refractivity contribution in [2.45, 2.75) is 37.2 Å². The Bertz CT molecular complexity index is 1510. The molecule has 1 aliphatic heterocycles. The van der Waals surface area contributed by atoms with Gasteiger partial charge in [-0.3, -0.25) is 4.90 Å². The maximum atomic E-state index is 13.5. The summed E-state index contributed by atoms with van der Waals surface area (Å²) < 4.78 is 41.7. The van der Waals surface area contributed by atoms with E-state index in [1.807, 2.05) is 11.6 Å². The molecule has 2 N–H and O–H groups in total. The van der Waals surface area contributed by atoms with Gasteiger partial charge in [-0.2, -0.15) is 9.29 Å². The highest BCUT2D eigenvalue weighted by atomic mass is 32.2. The van der Waals surface area contributed by atoms with Crippen molar-refractivity contribution >= 4 is 44.5 Å². The highest BCUT2D eigenvalue weighted by Gasteiger charge is 2.31. The van der Waals surface area contributed by atoms with Crippen LogP contribution in [0, 0.1) is 12.7 Å². The van der Waals surface area contributed by atoms with Gasteiger partial charge in [-0.05, 0) is 73.9 Å². The number of halogens is 1. The van der Waals surface area contributed by atoms with Crippen LogP contribution in [0.15, 0.2) is 71.2 Å². The van der Waals surface area contributed by atoms with Crippen LogP contribution in [0.1, 0.15) is 23.4 Å². The Morgan fingerprint density at radius 3 is 2.46 bits per heavy atom. The lowest BCUT2D eigenvalue weighted by atomic mass is 10.1. The van der Waals surface area contributed by atoms with Gasteiger partial charge in [-0.1, -0.05) is 0 Å². The lowest BCUT2D eigenvalue weighted by Gasteiger charge is -2.35. The summed E-state index contributed by atoms with van der Waals surface area (Å²) in [4.78, 5) is 15.6. The van der Waals surface area contributed by atoms with Crippen molar-refractivity contribution in [3.05, 3.63) is 82.7 Å². The van der Waals surface area contributed by atoms with E-state index in [1.54, 1.807) is 74.0 Å². The van der Waals surface area contributed by atoms with E-state index >= 15 is 0 Å². The van der Waals surface area contributed by atoms with E-state index in [-0.39, 0.29) is 16.8 Å². The first-order valence-electron chi connectivity index (χ1n) is 12.6. The number of nitrogens with one attached hydrogen (secondary N) is 2. The Balaban J connectivity index is 1.19. The first-order chi connectivity index (χ1) is 18.8. The average Bonchev–Trinajstić information content (AvgIpc) is 3.44. The molecule has 0 spiro atoms. The van der Waals surface area contributed by atoms with Crippen LogP contribution in [0.2, 0.25) is 0 Å². The number of aromatic nitrogens is 3. The fourth-order valence-electron chi connectivity index (χ4n) is 4.52. The summed E-state index contributed by atoms with van der Waals surface area (Å²) in [5, 5.41) is 9.30. The predicted molar refractivity (Wildman–Crippen MR) is 152 cm³/mol. The van der Waals surface area contributed by atoms with Crippen molar-refractivity contribution in [2.24, 2.45) is 0 Å². The number of nitrogens with zero attached hydrogens (tertiary/aromatic N) is 5. The lowest BCUT2D eigenvalue weighted by molar-refractivity contribution is 0.163. The minimum atomic E-state index is -3.63. The normalized spacial score (nSPS) is 15.0. The third kappa shape index (κ3) is 6.59. The second-order valence-electron chi connectivity index (χ2n) is 9.46. The number of hydrogen-bond donors (Lipinski definition) is 2. The minimum Gasteiger partial charge on any atom is -0.340 e. The van der Waals surface area contributed by atoms with Crippen LogP contribution in [-0.2, 0) is 16.6 Å². The molecule has 0 bridgehead atoms. The van der Waals surface area contributed by atoms with Crippen molar-refractivity contribution in [1.29, 1.82) is 0 Å². The SMILES string of the molecule is Cc1cc(Nc2ccnc(Nc3ccc(S(=O)(=O)N(C)C4CCN(Cc5nccs5)CC4)cc3)n2)ccc1F. The van der Waals surface area contributed by atoms with Gasteiger partial charge in [0.25, 0.3) is 0 Å². The molecule has 204 valence electrons. The van der Waals surface area contributed by atoms with Gasteiger partial charge in [-0.25, -0.2) is 22.8 Å². The standard InChI is InChI=1S/C27H30FN7O2S2/c1-19-17-21(5-8-24(19)28)31-25-9-12-30-27(33-25)32-20-3-6-23(7-4-20)39(36,37)34(2)22-10-14-35(15-11-22)18-26-29-13-16-38-26/h3-9,12-13,16-17,22H,10-11,14-15,18H2,1-2H3,(H2,30,31,32,33). The number of thiazole rings is 1. The second kappa shape index (κ2) is 11.7. The number of benzene rings is 2. The van der Waals surface area contributed by atoms with E-state index in [2.05, 4.69) is 30.5 Å². The number of hydrogen-bond acceptors (Lipinski definition) is 9. The summed E-state index contributed by atoms with van der Waals surface area (Å²) in [5.74, 6) is 0.614. The molecule has 1 aliphatic rings. The number of anilines is 4. The van der Waals surface area contributed by atoms with Crippen molar-refractivity contribution in [2.75, 3.05) is 30.8 Å². The van der Waals surface area contributed by atoms with Crippen LogP contribution in [0.4, 0.5) is 27.5 Å². The Hall–Kier alpha value is -3.45. The molecule has 0 atom stereocenters. The van der Waals surface area contributed by atoms with Crippen LogP contribution in [0.3, 0.4) is 0 Å². The number of rotatable bonds is 9. The van der Waals surface area contributed by atoms with Crippen LogP contribution >= 0.6 is 11.3 Å². The third-order valence-electron chi connectivity index (χ3n) is 6.79. The van der Waals surface area contributed by atoms with Gasteiger partial charge in [0, 0.05) is 55.3 Å². The Labute approximate surface area is 231 Å². The highest BCUT2D eigenvalue weighted by molar-refractivity contribution is 7.89. The van der Waals surface area contributed by atoms with Crippen LogP contribution in [0.5, 0.6) is 0 Å². The summed E-state index contributed by atoms with van der Waals surface area (Å²) in [6.07, 6.45) is 4.97. The lowest BCUT2D eigenvalue weighted by Crippen LogP contribution is -2.45. The van der Waals surface area contributed by atoms with E-state index < -0.39 is 10.0 Å². The van der Waals surface area contributed by atoms with Crippen LogP contribution < -0.4 is 10.6 Å². The van der Waals surface area contributed by atoms with Gasteiger partial charge in [0.2, 0.25) is 16.0 Å². The zero-order valence-electron chi connectivity index (χ0n) is 21.7. The summed E-state index contributed by atoms with van der Waals surface area (Å²) >= 11 is 1.64. The molecule has 2 aromatic heterocycles. The van der Waals surface area contributed by atoms with E-state index in [9.17, 15) is 12.8 Å². The number of aryl methyl sites for hydroxylation is 1. The zero-order chi connectivity index (χ0) is 27.4. The van der Waals surface area contributed by atoms with E-state index in [0.717, 1.165) is 37.5 Å². The monoisotopic (exact) mass is 567 g/mol. The summed E-state index contributed by atoms with van der Waals surface area (Å²) in [5.41, 5.74) is 1.90. The van der Waals surface area contributed by atoms with Crippen molar-refractivity contribution < 1.29 is 12.8 Å². The van der Waals surface area contributed by atoms with Gasteiger partial charge in [0.15, 0.2) is 0 Å². The molecule has 0 unspecified atom stereocenters. The van der Waals surface area contributed by atoms with E-state index in [4.69, 9.17) is 0 Å². The second-order valence-corrected chi connectivity index (χ2v) is 12.4. The molecule has 12 heteroatoms. The van der Waals surface area contributed by atoms with Gasteiger partial charge >= 0.3 is 0 Å².